The molecule has 11 nitrogen and oxygen atoms in total. The minimum Gasteiger partial charge on any atom is -0.403 e. The highest BCUT2D eigenvalue weighted by molar-refractivity contribution is 6.11. The summed E-state index contributed by atoms with van der Waals surface area (Å²) in [7, 11) is 1.67. The summed E-state index contributed by atoms with van der Waals surface area (Å²) in [5.74, 6) is -0.606. The zero-order chi connectivity index (χ0) is 45.2. The third kappa shape index (κ3) is 10.5. The average molecular weight is 842 g/mol. The number of nitrogens with zero attached hydrogens (tertiary/aromatic N) is 3. The van der Waals surface area contributed by atoms with Crippen molar-refractivity contribution in [3.05, 3.63) is 182 Å². The van der Waals surface area contributed by atoms with Crippen molar-refractivity contribution in [2.75, 3.05) is 11.9 Å². The second kappa shape index (κ2) is 20.3. The zero-order valence-corrected chi connectivity index (χ0v) is 36.0. The lowest BCUT2D eigenvalue weighted by molar-refractivity contribution is 0.0915. The van der Waals surface area contributed by atoms with Gasteiger partial charge in [-0.15, -0.1) is 0 Å². The normalized spacial score (nSPS) is 11.9. The number of ketones is 2. The number of anilines is 1. The Morgan fingerprint density at radius 1 is 0.730 bits per heavy atom. The number of rotatable bonds is 13. The number of fused-ring (bicyclic) bond motifs is 2. The van der Waals surface area contributed by atoms with E-state index in [9.17, 15) is 28.8 Å². The van der Waals surface area contributed by atoms with Gasteiger partial charge in [0.25, 0.3) is 5.91 Å². The van der Waals surface area contributed by atoms with Gasteiger partial charge in [-0.3, -0.25) is 19.2 Å². The van der Waals surface area contributed by atoms with E-state index in [1.807, 2.05) is 45.0 Å². The van der Waals surface area contributed by atoms with Gasteiger partial charge in [-0.25, -0.2) is 19.6 Å². The maximum Gasteiger partial charge on any atom is 0.347 e. The molecule has 0 aliphatic heterocycles. The second-order valence-electron chi connectivity index (χ2n) is 15.1. The van der Waals surface area contributed by atoms with E-state index in [-0.39, 0.29) is 46.3 Å². The maximum absolute atomic E-state index is 13.3. The SMILES string of the molecule is C/C=C(C)\C=C/CCc1ccc(N(C)C(=O)c2ccc(-c3nc4ccccc4c(=O)o3)cc2C=O)cc1.CCC(C)C(=O)c1cc(-c2nc3ccccc3c(=O)o2)ccc1C(C)=O. The van der Waals surface area contributed by atoms with E-state index >= 15 is 0 Å². The minimum atomic E-state index is -0.513. The van der Waals surface area contributed by atoms with Crippen LogP contribution in [0.2, 0.25) is 0 Å². The van der Waals surface area contributed by atoms with Crippen molar-refractivity contribution in [1.82, 2.24) is 9.97 Å². The molecule has 63 heavy (non-hydrogen) atoms. The van der Waals surface area contributed by atoms with Crippen molar-refractivity contribution in [2.24, 2.45) is 5.92 Å². The van der Waals surface area contributed by atoms with Gasteiger partial charge in [0.15, 0.2) is 17.9 Å². The largest absolute Gasteiger partial charge is 0.403 e. The first-order valence-electron chi connectivity index (χ1n) is 20.6. The van der Waals surface area contributed by atoms with Crippen LogP contribution < -0.4 is 16.2 Å². The van der Waals surface area contributed by atoms with Crippen LogP contribution in [0.25, 0.3) is 44.7 Å². The van der Waals surface area contributed by atoms with Gasteiger partial charge in [-0.05, 0) is 118 Å². The number of para-hydroxylation sites is 2. The van der Waals surface area contributed by atoms with Crippen molar-refractivity contribution < 1.29 is 28.0 Å². The molecule has 0 N–H and O–H groups in total. The molecule has 318 valence electrons. The Balaban J connectivity index is 0.000000223. The molecule has 1 amide bonds. The lowest BCUT2D eigenvalue weighted by atomic mass is 9.91. The fourth-order valence-electron chi connectivity index (χ4n) is 6.71. The molecular formula is C52H47N3O8. The third-order valence-corrected chi connectivity index (χ3v) is 10.8. The lowest BCUT2D eigenvalue weighted by Gasteiger charge is -2.19. The van der Waals surface area contributed by atoms with Crippen molar-refractivity contribution in [2.45, 2.75) is 53.9 Å². The number of aldehydes is 1. The number of aryl methyl sites for hydroxylation is 1. The van der Waals surface area contributed by atoms with Crippen LogP contribution in [0.4, 0.5) is 5.69 Å². The molecule has 0 aliphatic rings. The van der Waals surface area contributed by atoms with Gasteiger partial charge in [0.05, 0.1) is 27.4 Å². The number of benzene rings is 5. The van der Waals surface area contributed by atoms with Crippen LogP contribution in [0.15, 0.2) is 151 Å². The fraction of sp³-hybridized carbons (Fsp3) is 0.192. The van der Waals surface area contributed by atoms with Crippen LogP contribution in [-0.2, 0) is 6.42 Å². The van der Waals surface area contributed by atoms with Gasteiger partial charge in [-0.2, -0.15) is 0 Å². The van der Waals surface area contributed by atoms with Crippen LogP contribution in [-0.4, -0.2) is 40.8 Å². The molecule has 0 saturated heterocycles. The molecule has 1 unspecified atom stereocenters. The summed E-state index contributed by atoms with van der Waals surface area (Å²) in [6, 6.07) is 31.1. The summed E-state index contributed by atoms with van der Waals surface area (Å²) in [6.07, 6.45) is 9.46. The van der Waals surface area contributed by atoms with Gasteiger partial charge in [0.1, 0.15) is 0 Å². The molecule has 0 bridgehead atoms. The molecular weight excluding hydrogens is 795 g/mol. The van der Waals surface area contributed by atoms with E-state index in [2.05, 4.69) is 35.1 Å². The summed E-state index contributed by atoms with van der Waals surface area (Å²) >= 11 is 0. The Kier molecular flexibility index (Phi) is 14.4. The first kappa shape index (κ1) is 44.9. The highest BCUT2D eigenvalue weighted by Crippen LogP contribution is 2.27. The Morgan fingerprint density at radius 2 is 1.29 bits per heavy atom. The van der Waals surface area contributed by atoms with E-state index in [0.717, 1.165) is 18.5 Å². The number of aromatic nitrogens is 2. The van der Waals surface area contributed by atoms with Gasteiger partial charge in [0, 0.05) is 46.5 Å². The van der Waals surface area contributed by atoms with Gasteiger partial charge >= 0.3 is 11.3 Å². The summed E-state index contributed by atoms with van der Waals surface area (Å²) in [5, 5.41) is 0.772. The average Bonchev–Trinajstić information content (AvgIpc) is 3.31. The van der Waals surface area contributed by atoms with E-state index in [4.69, 9.17) is 8.83 Å². The molecule has 7 rings (SSSR count). The highest BCUT2D eigenvalue weighted by Gasteiger charge is 2.22. The number of allylic oxidation sites excluding steroid dienone is 4. The molecule has 0 saturated carbocycles. The summed E-state index contributed by atoms with van der Waals surface area (Å²) in [5.41, 5.74) is 5.20. The Morgan fingerprint density at radius 3 is 1.83 bits per heavy atom. The van der Waals surface area contributed by atoms with Crippen LogP contribution in [0.1, 0.15) is 94.5 Å². The smallest absolute Gasteiger partial charge is 0.347 e. The Labute approximate surface area is 364 Å². The van der Waals surface area contributed by atoms with E-state index in [1.54, 1.807) is 85.9 Å². The molecule has 0 aliphatic carbocycles. The molecule has 2 heterocycles. The van der Waals surface area contributed by atoms with Gasteiger partial charge < -0.3 is 13.7 Å². The number of carbonyl (C=O) groups is 4. The number of amides is 1. The van der Waals surface area contributed by atoms with Gasteiger partial charge in [0.2, 0.25) is 11.8 Å². The van der Waals surface area contributed by atoms with Crippen molar-refractivity contribution in [3.8, 4) is 22.9 Å². The van der Waals surface area contributed by atoms with Crippen molar-refractivity contribution >= 4 is 51.3 Å². The highest BCUT2D eigenvalue weighted by atomic mass is 16.4. The lowest BCUT2D eigenvalue weighted by Crippen LogP contribution is -2.27. The molecule has 1 atom stereocenters. The molecule has 0 spiro atoms. The number of hydrogen-bond donors (Lipinski definition) is 0. The summed E-state index contributed by atoms with van der Waals surface area (Å²) in [6.45, 7) is 9.26. The van der Waals surface area contributed by atoms with E-state index in [1.165, 1.54) is 29.0 Å². The van der Waals surface area contributed by atoms with E-state index < -0.39 is 11.3 Å². The molecule has 5 aromatic carbocycles. The van der Waals surface area contributed by atoms with E-state index in [0.29, 0.717) is 56.8 Å². The molecule has 0 radical (unpaired) electrons. The molecule has 0 fully saturated rings. The number of carbonyl (C=O) groups excluding carboxylic acids is 4. The monoisotopic (exact) mass is 841 g/mol. The quantitative estimate of drug-likeness (QED) is 0.0621. The zero-order valence-electron chi connectivity index (χ0n) is 36.0. The molecule has 7 aromatic rings. The van der Waals surface area contributed by atoms with Crippen molar-refractivity contribution in [1.29, 1.82) is 0 Å². The fourth-order valence-corrected chi connectivity index (χ4v) is 6.71. The molecule has 2 aromatic heterocycles. The number of hydrogen-bond acceptors (Lipinski definition) is 10. The van der Waals surface area contributed by atoms with Crippen LogP contribution in [0.5, 0.6) is 0 Å². The first-order chi connectivity index (χ1) is 30.3. The predicted molar refractivity (Wildman–Crippen MR) is 247 cm³/mol. The maximum atomic E-state index is 13.3. The number of Topliss-reactive ketones (excluding diaryl/α,β-unsaturated/α-hetero) is 2. The van der Waals surface area contributed by atoms with Crippen LogP contribution in [0, 0.1) is 5.92 Å². The van der Waals surface area contributed by atoms with Gasteiger partial charge in [-0.1, -0.05) is 74.0 Å². The molecule has 11 heteroatoms. The summed E-state index contributed by atoms with van der Waals surface area (Å²) < 4.78 is 10.7. The van der Waals surface area contributed by atoms with Crippen molar-refractivity contribution in [3.63, 3.8) is 0 Å². The first-order valence-corrected chi connectivity index (χ1v) is 20.6. The summed E-state index contributed by atoms with van der Waals surface area (Å²) in [4.78, 5) is 84.6. The Bertz CT molecular complexity index is 3030. The standard InChI is InChI=1S/C31H28N2O4.C21H19NO4/c1-4-21(2)9-5-6-10-22-13-16-25(17-14-22)33(3)30(35)26-18-15-23(19-24(26)20-34)29-32-28-12-8-7-11-27(28)31(36)37-29;1-4-12(2)19(24)17-11-14(9-10-15(17)13(3)23)20-22-18-8-6-5-7-16(18)21(25)26-20/h4-5,7-9,11-20H,6,10H2,1-3H3;5-12H,4H2,1-3H3/b9-5-,21-4-;. The topological polar surface area (TPSA) is 158 Å². The van der Waals surface area contributed by atoms with Crippen LogP contribution in [0.3, 0.4) is 0 Å². The Hall–Kier alpha value is -7.66. The third-order valence-electron chi connectivity index (χ3n) is 10.8. The minimum absolute atomic E-state index is 0.0884. The second-order valence-corrected chi connectivity index (χ2v) is 15.1. The predicted octanol–water partition coefficient (Wildman–Crippen LogP) is 10.7. The van der Waals surface area contributed by atoms with Crippen LogP contribution >= 0.6 is 0 Å².